The Morgan fingerprint density at radius 2 is 1.43 bits per heavy atom. The number of hydrogen-bond donors (Lipinski definition) is 2. The van der Waals surface area contributed by atoms with Crippen molar-refractivity contribution in [2.45, 2.75) is 68.2 Å². The number of rotatable bonds is 13. The molecule has 0 saturated carbocycles. The molecule has 3 aromatic carbocycles. The zero-order valence-corrected chi connectivity index (χ0v) is 26.4. The molecule has 0 unspecified atom stereocenters. The maximum atomic E-state index is 13.3. The second kappa shape index (κ2) is 14.4. The number of aliphatic hydroxyl groups excluding tert-OH is 1. The van der Waals surface area contributed by atoms with Crippen LogP contribution >= 0.6 is 0 Å². The Kier molecular flexibility index (Phi) is 10.3. The minimum atomic E-state index is -4.63. The summed E-state index contributed by atoms with van der Waals surface area (Å²) in [6, 6.07) is 27.9. The van der Waals surface area contributed by atoms with Gasteiger partial charge in [0.15, 0.2) is 5.03 Å². The summed E-state index contributed by atoms with van der Waals surface area (Å²) in [4.78, 5) is 16.8. The average molecular weight is 665 g/mol. The van der Waals surface area contributed by atoms with Gasteiger partial charge < -0.3 is 9.84 Å². The van der Waals surface area contributed by atoms with Gasteiger partial charge in [-0.25, -0.2) is 9.78 Å². The van der Waals surface area contributed by atoms with Crippen LogP contribution in [0.2, 0.25) is 0 Å². The van der Waals surface area contributed by atoms with E-state index in [1.54, 1.807) is 18.2 Å². The summed E-state index contributed by atoms with van der Waals surface area (Å²) in [5, 5.41) is 10.6. The molecule has 1 aliphatic heterocycles. The Hall–Kier alpha value is -4.64. The predicted octanol–water partition coefficient (Wildman–Crippen LogP) is 7.99. The molecule has 0 radical (unpaired) electrons. The van der Waals surface area contributed by atoms with E-state index in [0.717, 1.165) is 22.8 Å². The van der Waals surface area contributed by atoms with Crippen molar-refractivity contribution >= 4 is 21.7 Å². The van der Waals surface area contributed by atoms with Crippen LogP contribution < -0.4 is 4.72 Å². The Morgan fingerprint density at radius 1 is 0.809 bits per heavy atom. The van der Waals surface area contributed by atoms with Crippen LogP contribution in [0, 0.1) is 0 Å². The van der Waals surface area contributed by atoms with Crippen molar-refractivity contribution in [1.82, 2.24) is 4.98 Å². The third-order valence-electron chi connectivity index (χ3n) is 8.23. The molecule has 0 saturated heterocycles. The zero-order valence-electron chi connectivity index (χ0n) is 25.5. The fourth-order valence-electron chi connectivity index (χ4n) is 5.68. The summed E-state index contributed by atoms with van der Waals surface area (Å²) in [6.45, 7) is 0. The van der Waals surface area contributed by atoms with E-state index in [1.165, 1.54) is 6.07 Å². The highest BCUT2D eigenvalue weighted by atomic mass is 32.2. The highest BCUT2D eigenvalue weighted by molar-refractivity contribution is 7.92. The molecular weight excluding hydrogens is 629 g/mol. The maximum absolute atomic E-state index is 13.3. The van der Waals surface area contributed by atoms with Gasteiger partial charge in [-0.05, 0) is 85.9 Å². The lowest BCUT2D eigenvalue weighted by molar-refractivity contribution is -0.161. The number of aryl methyl sites for hydroxylation is 3. The Morgan fingerprint density at radius 3 is 1.98 bits per heavy atom. The van der Waals surface area contributed by atoms with Gasteiger partial charge in [-0.3, -0.25) is 4.72 Å². The number of benzene rings is 3. The number of pyridine rings is 1. The monoisotopic (exact) mass is 664 g/mol. The summed E-state index contributed by atoms with van der Waals surface area (Å²) >= 11 is 0. The molecule has 1 aromatic heterocycles. The number of hydrogen-bond acceptors (Lipinski definition) is 6. The first-order valence-corrected chi connectivity index (χ1v) is 16.8. The minimum absolute atomic E-state index is 0.0351. The number of halogens is 3. The van der Waals surface area contributed by atoms with Crippen LogP contribution in [0.3, 0.4) is 0 Å². The van der Waals surface area contributed by atoms with Gasteiger partial charge in [-0.2, -0.15) is 21.6 Å². The zero-order chi connectivity index (χ0) is 33.5. The van der Waals surface area contributed by atoms with Crippen LogP contribution in [-0.4, -0.2) is 30.1 Å². The van der Waals surface area contributed by atoms with Crippen molar-refractivity contribution in [3.05, 3.63) is 137 Å². The highest BCUT2D eigenvalue weighted by Gasteiger charge is 2.41. The first-order chi connectivity index (χ1) is 22.4. The molecule has 0 atom stereocenters. The molecule has 2 heterocycles. The van der Waals surface area contributed by atoms with Gasteiger partial charge in [0.05, 0.1) is 11.1 Å². The average Bonchev–Trinajstić information content (AvgIpc) is 3.05. The third-order valence-corrected chi connectivity index (χ3v) is 9.52. The van der Waals surface area contributed by atoms with Crippen molar-refractivity contribution in [2.24, 2.45) is 0 Å². The van der Waals surface area contributed by atoms with E-state index in [-0.39, 0.29) is 29.9 Å². The van der Waals surface area contributed by atoms with E-state index in [9.17, 15) is 31.5 Å². The lowest BCUT2D eigenvalue weighted by Crippen LogP contribution is -2.41. The van der Waals surface area contributed by atoms with Gasteiger partial charge >= 0.3 is 12.1 Å². The number of carbonyl (C=O) groups excluding carboxylic acids is 1. The molecule has 7 nitrogen and oxygen atoms in total. The number of aromatic nitrogens is 1. The van der Waals surface area contributed by atoms with E-state index in [0.29, 0.717) is 50.8 Å². The van der Waals surface area contributed by atoms with Gasteiger partial charge in [0.1, 0.15) is 11.4 Å². The molecule has 2 N–H and O–H groups in total. The number of sulfonamides is 1. The molecule has 0 fully saturated rings. The molecule has 11 heteroatoms. The van der Waals surface area contributed by atoms with Crippen molar-refractivity contribution in [3.8, 4) is 0 Å². The topological polar surface area (TPSA) is 106 Å². The molecule has 0 amide bonds. The SMILES string of the molecule is O=C1OC(CCc2ccccc2)(CCc2ccccc2)CC(O)=C1CCCc1cccc(NS(=O)(=O)c2ccc(C(F)(F)F)cn2)c1. The van der Waals surface area contributed by atoms with Crippen molar-refractivity contribution in [2.75, 3.05) is 4.72 Å². The molecule has 0 bridgehead atoms. The van der Waals surface area contributed by atoms with Crippen LogP contribution in [-0.2, 0) is 45.0 Å². The van der Waals surface area contributed by atoms with Crippen molar-refractivity contribution < 1.29 is 36.2 Å². The first kappa shape index (κ1) is 33.7. The number of aliphatic hydroxyl groups is 1. The van der Waals surface area contributed by atoms with E-state index in [4.69, 9.17) is 4.74 Å². The van der Waals surface area contributed by atoms with Crippen LogP contribution in [0.4, 0.5) is 18.9 Å². The fourth-order valence-corrected chi connectivity index (χ4v) is 6.66. The Balaban J connectivity index is 1.22. The first-order valence-electron chi connectivity index (χ1n) is 15.3. The van der Waals surface area contributed by atoms with Crippen LogP contribution in [0.25, 0.3) is 0 Å². The minimum Gasteiger partial charge on any atom is -0.512 e. The summed E-state index contributed by atoms with van der Waals surface area (Å²) < 4.78 is 72.5. The van der Waals surface area contributed by atoms with Crippen molar-refractivity contribution in [1.29, 1.82) is 0 Å². The summed E-state index contributed by atoms with van der Waals surface area (Å²) in [5.41, 5.74) is 1.56. The lowest BCUT2D eigenvalue weighted by atomic mass is 9.82. The highest BCUT2D eigenvalue weighted by Crippen LogP contribution is 2.38. The van der Waals surface area contributed by atoms with Gasteiger partial charge in [0.2, 0.25) is 0 Å². The second-order valence-electron chi connectivity index (χ2n) is 11.7. The largest absolute Gasteiger partial charge is 0.512 e. The Bertz CT molecular complexity index is 1770. The molecule has 246 valence electrons. The van der Waals surface area contributed by atoms with Gasteiger partial charge in [-0.1, -0.05) is 72.8 Å². The number of alkyl halides is 3. The van der Waals surface area contributed by atoms with E-state index < -0.39 is 38.4 Å². The second-order valence-corrected chi connectivity index (χ2v) is 13.3. The maximum Gasteiger partial charge on any atom is 0.417 e. The summed E-state index contributed by atoms with van der Waals surface area (Å²) in [5.74, 6) is -0.492. The summed E-state index contributed by atoms with van der Waals surface area (Å²) in [6.07, 6.45) is -0.200. The van der Waals surface area contributed by atoms with Gasteiger partial charge in [0.25, 0.3) is 10.0 Å². The van der Waals surface area contributed by atoms with Gasteiger partial charge in [0, 0.05) is 18.3 Å². The van der Waals surface area contributed by atoms with Crippen LogP contribution in [0.5, 0.6) is 0 Å². The van der Waals surface area contributed by atoms with Crippen LogP contribution in [0.1, 0.15) is 54.4 Å². The number of cyclic esters (lactones) is 1. The number of nitrogens with one attached hydrogen (secondary N) is 1. The number of carbonyl (C=O) groups is 1. The molecule has 47 heavy (non-hydrogen) atoms. The number of ether oxygens (including phenoxy) is 1. The van der Waals surface area contributed by atoms with E-state index in [2.05, 4.69) is 9.71 Å². The smallest absolute Gasteiger partial charge is 0.417 e. The van der Waals surface area contributed by atoms with Crippen molar-refractivity contribution in [3.63, 3.8) is 0 Å². The number of nitrogens with zero attached hydrogens (tertiary/aromatic N) is 1. The standard InChI is InChI=1S/C36H35F3N2O5S/c37-36(38,39)29-17-18-33(40-25-29)47(44,45)41-30-15-7-13-28(23-30)14-8-16-31-32(42)24-35(46-34(31)43,21-19-26-9-3-1-4-10-26)22-20-27-11-5-2-6-12-27/h1-7,9-13,15,17-18,23,25,41-42H,8,14,16,19-22,24H2. The third kappa shape index (κ3) is 9.00. The number of anilines is 1. The van der Waals surface area contributed by atoms with E-state index in [1.807, 2.05) is 60.7 Å². The quantitative estimate of drug-likeness (QED) is 0.140. The fraction of sp³-hybridized carbons (Fsp3) is 0.278. The number of esters is 1. The molecule has 4 aromatic rings. The van der Waals surface area contributed by atoms with E-state index >= 15 is 0 Å². The molecule has 0 spiro atoms. The molecular formula is C36H35F3N2O5S. The van der Waals surface area contributed by atoms with Crippen LogP contribution in [0.15, 0.2) is 120 Å². The normalized spacial score (nSPS) is 14.9. The molecule has 5 rings (SSSR count). The lowest BCUT2D eigenvalue weighted by Gasteiger charge is -2.37. The van der Waals surface area contributed by atoms with Gasteiger partial charge in [-0.15, -0.1) is 0 Å². The molecule has 1 aliphatic rings. The Labute approximate surface area is 272 Å². The summed E-state index contributed by atoms with van der Waals surface area (Å²) in [7, 11) is -4.23. The molecule has 0 aliphatic carbocycles. The predicted molar refractivity (Wildman–Crippen MR) is 172 cm³/mol.